The minimum absolute atomic E-state index is 0.200. The van der Waals surface area contributed by atoms with E-state index in [1.807, 2.05) is 12.1 Å². The van der Waals surface area contributed by atoms with E-state index in [1.165, 1.54) is 7.11 Å². The van der Waals surface area contributed by atoms with E-state index in [4.69, 9.17) is 9.47 Å². The largest absolute Gasteiger partial charge is 0.493 e. The molecule has 0 unspecified atom stereocenters. The molecule has 5 nitrogen and oxygen atoms in total. The minimum atomic E-state index is -0.302. The smallest absolute Gasteiger partial charge is 0.308 e. The second-order valence-corrected chi connectivity index (χ2v) is 4.92. The lowest BCUT2D eigenvalue weighted by Gasteiger charge is -2.14. The van der Waals surface area contributed by atoms with Crippen LogP contribution in [-0.4, -0.2) is 33.3 Å². The zero-order valence-electron chi connectivity index (χ0n) is 12.0. The van der Waals surface area contributed by atoms with Crippen LogP contribution in [0.3, 0.4) is 0 Å². The highest BCUT2D eigenvalue weighted by Gasteiger charge is 2.12. The van der Waals surface area contributed by atoms with Gasteiger partial charge in [0.25, 0.3) is 0 Å². The Bertz CT molecular complexity index is 451. The van der Waals surface area contributed by atoms with Crippen molar-refractivity contribution in [3.8, 4) is 11.5 Å². The van der Waals surface area contributed by atoms with Crippen molar-refractivity contribution < 1.29 is 19.0 Å². The van der Waals surface area contributed by atoms with Crippen LogP contribution in [0.1, 0.15) is 18.9 Å². The lowest BCUT2D eigenvalue weighted by Crippen LogP contribution is -2.12. The highest BCUT2D eigenvalue weighted by atomic mass is 79.9. The van der Waals surface area contributed by atoms with Gasteiger partial charge in [0, 0.05) is 6.54 Å². The number of benzene rings is 1. The number of nitrogens with one attached hydrogen (secondary N) is 1. The SMILES string of the molecule is CCNCc1cc(Br)c(OCCC(=O)OC)c(OC)c1. The maximum Gasteiger partial charge on any atom is 0.308 e. The van der Waals surface area contributed by atoms with Crippen molar-refractivity contribution in [1.29, 1.82) is 0 Å². The van der Waals surface area contributed by atoms with Crippen molar-refractivity contribution >= 4 is 21.9 Å². The first-order valence-electron chi connectivity index (χ1n) is 6.39. The van der Waals surface area contributed by atoms with Crippen LogP contribution in [0, 0.1) is 0 Å². The van der Waals surface area contributed by atoms with Gasteiger partial charge >= 0.3 is 5.97 Å². The molecule has 0 amide bonds. The van der Waals surface area contributed by atoms with Gasteiger partial charge in [0.2, 0.25) is 0 Å². The topological polar surface area (TPSA) is 56.8 Å². The highest BCUT2D eigenvalue weighted by molar-refractivity contribution is 9.10. The fourth-order valence-electron chi connectivity index (χ4n) is 1.62. The van der Waals surface area contributed by atoms with Gasteiger partial charge in [0.15, 0.2) is 11.5 Å². The van der Waals surface area contributed by atoms with Crippen LogP contribution in [-0.2, 0) is 16.1 Å². The van der Waals surface area contributed by atoms with Gasteiger partial charge in [0.05, 0.1) is 31.7 Å². The number of hydrogen-bond donors (Lipinski definition) is 1. The van der Waals surface area contributed by atoms with Crippen molar-refractivity contribution in [3.63, 3.8) is 0 Å². The molecule has 6 heteroatoms. The summed E-state index contributed by atoms with van der Waals surface area (Å²) in [5.74, 6) is 0.928. The van der Waals surface area contributed by atoms with Gasteiger partial charge in [0.1, 0.15) is 0 Å². The number of rotatable bonds is 8. The summed E-state index contributed by atoms with van der Waals surface area (Å²) in [6, 6.07) is 3.89. The van der Waals surface area contributed by atoms with Gasteiger partial charge in [-0.3, -0.25) is 4.79 Å². The van der Waals surface area contributed by atoms with E-state index in [2.05, 4.69) is 32.9 Å². The van der Waals surface area contributed by atoms with Crippen LogP contribution >= 0.6 is 15.9 Å². The molecule has 0 saturated heterocycles. The quantitative estimate of drug-likeness (QED) is 0.733. The highest BCUT2D eigenvalue weighted by Crippen LogP contribution is 2.36. The van der Waals surface area contributed by atoms with Crippen LogP contribution in [0.4, 0.5) is 0 Å². The molecule has 1 aromatic carbocycles. The zero-order valence-corrected chi connectivity index (χ0v) is 13.6. The Morgan fingerprint density at radius 1 is 1.35 bits per heavy atom. The number of methoxy groups -OCH3 is 2. The third-order valence-electron chi connectivity index (χ3n) is 2.65. The van der Waals surface area contributed by atoms with Crippen molar-refractivity contribution in [2.24, 2.45) is 0 Å². The summed E-state index contributed by atoms with van der Waals surface area (Å²) in [7, 11) is 2.94. The first-order valence-corrected chi connectivity index (χ1v) is 7.18. The Labute approximate surface area is 127 Å². The van der Waals surface area contributed by atoms with Crippen LogP contribution in [0.5, 0.6) is 11.5 Å². The average Bonchev–Trinajstić information content (AvgIpc) is 2.46. The second-order valence-electron chi connectivity index (χ2n) is 4.06. The first kappa shape index (κ1) is 16.8. The summed E-state index contributed by atoms with van der Waals surface area (Å²) >= 11 is 3.47. The van der Waals surface area contributed by atoms with Gasteiger partial charge in [-0.25, -0.2) is 0 Å². The molecule has 1 aromatic rings. The second kappa shape index (κ2) is 8.81. The van der Waals surface area contributed by atoms with Gasteiger partial charge < -0.3 is 19.5 Å². The first-order chi connectivity index (χ1) is 9.62. The lowest BCUT2D eigenvalue weighted by atomic mass is 10.2. The maximum absolute atomic E-state index is 11.1. The number of hydrogen-bond acceptors (Lipinski definition) is 5. The fourth-order valence-corrected chi connectivity index (χ4v) is 2.23. The molecule has 112 valence electrons. The molecule has 0 atom stereocenters. The van der Waals surface area contributed by atoms with E-state index < -0.39 is 0 Å². The third kappa shape index (κ3) is 5.02. The van der Waals surface area contributed by atoms with E-state index in [9.17, 15) is 4.79 Å². The van der Waals surface area contributed by atoms with E-state index in [-0.39, 0.29) is 19.0 Å². The Balaban J connectivity index is 2.76. The molecule has 0 aromatic heterocycles. The third-order valence-corrected chi connectivity index (χ3v) is 3.24. The number of carbonyl (C=O) groups excluding carboxylic acids is 1. The number of ether oxygens (including phenoxy) is 3. The average molecular weight is 346 g/mol. The maximum atomic E-state index is 11.1. The van der Waals surface area contributed by atoms with Crippen LogP contribution in [0.15, 0.2) is 16.6 Å². The van der Waals surface area contributed by atoms with Crippen molar-refractivity contribution in [1.82, 2.24) is 5.32 Å². The summed E-state index contributed by atoms with van der Waals surface area (Å²) in [5.41, 5.74) is 1.09. The van der Waals surface area contributed by atoms with Crippen LogP contribution in [0.25, 0.3) is 0 Å². The predicted octanol–water partition coefficient (Wildman–Crippen LogP) is 2.51. The molecule has 0 fully saturated rings. The molecular formula is C14H20BrNO4. The Morgan fingerprint density at radius 2 is 2.10 bits per heavy atom. The number of carbonyl (C=O) groups is 1. The molecule has 1 rings (SSSR count). The van der Waals surface area contributed by atoms with E-state index >= 15 is 0 Å². The number of esters is 1. The molecule has 0 aliphatic rings. The minimum Gasteiger partial charge on any atom is -0.493 e. The van der Waals surface area contributed by atoms with Gasteiger partial charge in [-0.15, -0.1) is 0 Å². The lowest BCUT2D eigenvalue weighted by molar-refractivity contribution is -0.141. The molecule has 0 bridgehead atoms. The predicted molar refractivity (Wildman–Crippen MR) is 80.2 cm³/mol. The van der Waals surface area contributed by atoms with E-state index in [1.54, 1.807) is 7.11 Å². The fraction of sp³-hybridized carbons (Fsp3) is 0.500. The van der Waals surface area contributed by atoms with Crippen LogP contribution in [0.2, 0.25) is 0 Å². The molecule has 0 heterocycles. The summed E-state index contributed by atoms with van der Waals surface area (Å²) in [4.78, 5) is 11.1. The Hall–Kier alpha value is -1.27. The molecule has 0 spiro atoms. The summed E-state index contributed by atoms with van der Waals surface area (Å²) in [6.07, 6.45) is 0.200. The van der Waals surface area contributed by atoms with Crippen molar-refractivity contribution in [2.45, 2.75) is 19.9 Å². The Morgan fingerprint density at radius 3 is 2.70 bits per heavy atom. The normalized spacial score (nSPS) is 10.2. The Kier molecular flexibility index (Phi) is 7.40. The van der Waals surface area contributed by atoms with Crippen molar-refractivity contribution in [2.75, 3.05) is 27.4 Å². The summed E-state index contributed by atoms with van der Waals surface area (Å²) < 4.78 is 16.3. The molecular weight excluding hydrogens is 326 g/mol. The van der Waals surface area contributed by atoms with Gasteiger partial charge in [-0.05, 0) is 40.2 Å². The standard InChI is InChI=1S/C14H20BrNO4/c1-4-16-9-10-7-11(15)14(12(8-10)18-2)20-6-5-13(17)19-3/h7-8,16H,4-6,9H2,1-3H3. The van der Waals surface area contributed by atoms with Crippen LogP contribution < -0.4 is 14.8 Å². The molecule has 0 radical (unpaired) electrons. The van der Waals surface area contributed by atoms with E-state index in [0.717, 1.165) is 23.1 Å². The summed E-state index contributed by atoms with van der Waals surface area (Å²) in [6.45, 7) is 3.95. The monoisotopic (exact) mass is 345 g/mol. The molecule has 0 aliphatic carbocycles. The number of halogens is 1. The van der Waals surface area contributed by atoms with Gasteiger partial charge in [-0.1, -0.05) is 6.92 Å². The molecule has 0 aliphatic heterocycles. The molecule has 20 heavy (non-hydrogen) atoms. The molecule has 1 N–H and O–H groups in total. The van der Waals surface area contributed by atoms with Gasteiger partial charge in [-0.2, -0.15) is 0 Å². The zero-order chi connectivity index (χ0) is 15.0. The van der Waals surface area contributed by atoms with E-state index in [0.29, 0.717) is 11.5 Å². The summed E-state index contributed by atoms with van der Waals surface area (Å²) in [5, 5.41) is 3.25. The molecule has 0 saturated carbocycles. The van der Waals surface area contributed by atoms with Crippen molar-refractivity contribution in [3.05, 3.63) is 22.2 Å².